The van der Waals surface area contributed by atoms with Crippen LogP contribution < -0.4 is 0 Å². The molecule has 88 heavy (non-hydrogen) atoms. The van der Waals surface area contributed by atoms with Crippen LogP contribution in [0.2, 0.25) is 0 Å². The van der Waals surface area contributed by atoms with E-state index in [9.17, 15) is 0 Å². The molecule has 410 valence electrons. The molecule has 13 aromatic carbocycles. The first-order chi connectivity index (χ1) is 43.6. The Labute approximate surface area is 509 Å². The summed E-state index contributed by atoms with van der Waals surface area (Å²) in [6.07, 6.45) is 0. The molecule has 0 N–H and O–H groups in total. The lowest BCUT2D eigenvalue weighted by atomic mass is 10.0. The highest BCUT2D eigenvalue weighted by molar-refractivity contribution is 7.21. The van der Waals surface area contributed by atoms with Crippen molar-refractivity contribution in [3.05, 3.63) is 303 Å². The summed E-state index contributed by atoms with van der Waals surface area (Å²) in [4.78, 5) is 0. The maximum Gasteiger partial charge on any atom is 0.135 e. The van der Waals surface area contributed by atoms with Crippen LogP contribution in [0.3, 0.4) is 0 Å². The Kier molecular flexibility index (Phi) is 10.6. The van der Waals surface area contributed by atoms with E-state index in [4.69, 9.17) is 4.42 Å². The summed E-state index contributed by atoms with van der Waals surface area (Å²) in [6, 6.07) is 111. The van der Waals surface area contributed by atoms with E-state index in [1.165, 1.54) is 114 Å². The molecule has 0 radical (unpaired) electrons. The zero-order valence-electron chi connectivity index (χ0n) is 47.5. The molecular formula is C82H50N4OS. The SMILES string of the molecule is c1ccc(-n2c3ccccc3c3cc(-c4ccc5c(c4)c4ccccc4n5-c4cccc(-c5cc6ccc(-c7ccc(-n8c9ccccc9c9cc(-c%10ccc%11c(c%10)c%10ccccc%10n%11-c%10cc%11ccccc%11s%10)ccc98)cc7)cc6o5)c4)ccc32)cc1. The Hall–Kier alpha value is -11.4. The smallest absolute Gasteiger partial charge is 0.135 e. The normalized spacial score (nSPS) is 12.1. The van der Waals surface area contributed by atoms with Gasteiger partial charge in [-0.2, -0.15) is 0 Å². The van der Waals surface area contributed by atoms with E-state index in [0.29, 0.717) is 0 Å². The molecule has 0 saturated carbocycles. The molecule has 0 fully saturated rings. The van der Waals surface area contributed by atoms with E-state index in [2.05, 4.69) is 322 Å². The highest BCUT2D eigenvalue weighted by Gasteiger charge is 2.21. The van der Waals surface area contributed by atoms with Crippen molar-refractivity contribution in [3.8, 4) is 66.8 Å². The molecule has 6 heterocycles. The average molecular weight is 1140 g/mol. The number of nitrogens with zero attached hydrogens (tertiary/aromatic N) is 4. The summed E-state index contributed by atoms with van der Waals surface area (Å²) in [6.45, 7) is 0. The first-order valence-corrected chi connectivity index (χ1v) is 30.9. The first kappa shape index (κ1) is 48.9. The minimum absolute atomic E-state index is 0.835. The zero-order valence-corrected chi connectivity index (χ0v) is 48.3. The van der Waals surface area contributed by atoms with Crippen molar-refractivity contribution >= 4 is 120 Å². The lowest BCUT2D eigenvalue weighted by molar-refractivity contribution is 0.631. The summed E-state index contributed by atoms with van der Waals surface area (Å²) in [5, 5.41) is 13.5. The monoisotopic (exact) mass is 1140 g/mol. The highest BCUT2D eigenvalue weighted by Crippen LogP contribution is 2.43. The van der Waals surface area contributed by atoms with E-state index in [-0.39, 0.29) is 0 Å². The van der Waals surface area contributed by atoms with E-state index in [0.717, 1.165) is 61.5 Å². The molecule has 0 bridgehead atoms. The summed E-state index contributed by atoms with van der Waals surface area (Å²) in [7, 11) is 0. The Balaban J connectivity index is 0.627. The van der Waals surface area contributed by atoms with Crippen molar-refractivity contribution in [1.82, 2.24) is 18.3 Å². The van der Waals surface area contributed by atoms with Crippen LogP contribution in [0.15, 0.2) is 308 Å². The molecule has 0 aliphatic heterocycles. The van der Waals surface area contributed by atoms with Gasteiger partial charge >= 0.3 is 0 Å². The Morgan fingerprint density at radius 3 is 1.18 bits per heavy atom. The van der Waals surface area contributed by atoms with Gasteiger partial charge in [-0.3, -0.25) is 0 Å². The first-order valence-electron chi connectivity index (χ1n) is 30.0. The van der Waals surface area contributed by atoms with Gasteiger partial charge in [-0.1, -0.05) is 170 Å². The lowest BCUT2D eigenvalue weighted by Gasteiger charge is -2.10. The molecule has 0 atom stereocenters. The van der Waals surface area contributed by atoms with Gasteiger partial charge in [0.05, 0.1) is 44.1 Å². The molecule has 19 rings (SSSR count). The van der Waals surface area contributed by atoms with Crippen LogP contribution >= 0.6 is 11.3 Å². The minimum atomic E-state index is 0.835. The number of thiophene rings is 1. The van der Waals surface area contributed by atoms with Crippen LogP contribution in [0.5, 0.6) is 0 Å². The average Bonchev–Trinajstić information content (AvgIpc) is 2.21. The lowest BCUT2D eigenvalue weighted by Crippen LogP contribution is -1.94. The summed E-state index contributed by atoms with van der Waals surface area (Å²) >= 11 is 1.84. The molecule has 6 heteroatoms. The standard InChI is InChI=1S/C82H50N4OS/c1-2-17-60(18-3-1)83-71-24-9-5-20-63(71)67-44-52(33-39-75(67)83)54-35-41-77-69(46-54)65-22-7-11-26-73(65)85(77)62-19-14-16-57(43-62)80-49-58-30-29-56(48-79(58)87-80)51-31-37-61(38-32-51)84-72-25-10-6-21-64(72)68-45-53(34-40-76(68)84)55-36-42-78-70(47-55)66-23-8-12-27-74(66)86(78)82-50-59-15-4-13-28-81(59)88-82/h1-50H. The van der Waals surface area contributed by atoms with Gasteiger partial charge in [-0.05, 0) is 172 Å². The number of benzene rings is 13. The van der Waals surface area contributed by atoms with Crippen molar-refractivity contribution < 1.29 is 4.42 Å². The van der Waals surface area contributed by atoms with Crippen LogP contribution in [-0.2, 0) is 0 Å². The second-order valence-electron chi connectivity index (χ2n) is 23.3. The predicted molar refractivity (Wildman–Crippen MR) is 371 cm³/mol. The molecule has 0 saturated heterocycles. The minimum Gasteiger partial charge on any atom is -0.456 e. The topological polar surface area (TPSA) is 32.9 Å². The van der Waals surface area contributed by atoms with Crippen LogP contribution in [0, 0.1) is 0 Å². The van der Waals surface area contributed by atoms with E-state index >= 15 is 0 Å². The molecule has 0 amide bonds. The Bertz CT molecular complexity index is 6030. The predicted octanol–water partition coefficient (Wildman–Crippen LogP) is 22.7. The molecule has 0 spiro atoms. The Morgan fingerprint density at radius 2 is 0.636 bits per heavy atom. The third-order valence-electron chi connectivity index (χ3n) is 18.4. The van der Waals surface area contributed by atoms with Crippen molar-refractivity contribution in [2.45, 2.75) is 0 Å². The number of hydrogen-bond acceptors (Lipinski definition) is 2. The van der Waals surface area contributed by atoms with Crippen LogP contribution in [0.4, 0.5) is 0 Å². The number of fused-ring (bicyclic) bond motifs is 14. The zero-order chi connectivity index (χ0) is 57.6. The number of hydrogen-bond donors (Lipinski definition) is 0. The van der Waals surface area contributed by atoms with Gasteiger partial charge in [0.25, 0.3) is 0 Å². The summed E-state index contributed by atoms with van der Waals surface area (Å²) < 4.78 is 17.7. The highest BCUT2D eigenvalue weighted by atomic mass is 32.1. The second-order valence-corrected chi connectivity index (χ2v) is 24.3. The van der Waals surface area contributed by atoms with E-state index in [1.54, 1.807) is 0 Å². The number of furan rings is 1. The van der Waals surface area contributed by atoms with Crippen molar-refractivity contribution in [2.24, 2.45) is 0 Å². The maximum atomic E-state index is 6.79. The molecule has 0 aliphatic carbocycles. The fourth-order valence-corrected chi connectivity index (χ4v) is 15.4. The third-order valence-corrected chi connectivity index (χ3v) is 19.5. The number of aromatic nitrogens is 4. The van der Waals surface area contributed by atoms with Crippen molar-refractivity contribution in [2.75, 3.05) is 0 Å². The van der Waals surface area contributed by atoms with Crippen LogP contribution in [0.25, 0.3) is 175 Å². The van der Waals surface area contributed by atoms with Crippen molar-refractivity contribution in [1.29, 1.82) is 0 Å². The van der Waals surface area contributed by atoms with Crippen LogP contribution in [0.1, 0.15) is 0 Å². The molecule has 0 aliphatic rings. The number of rotatable bonds is 8. The number of para-hydroxylation sites is 5. The molecule has 0 unspecified atom stereocenters. The quantitative estimate of drug-likeness (QED) is 0.149. The summed E-state index contributed by atoms with van der Waals surface area (Å²) in [5.74, 6) is 0.835. The van der Waals surface area contributed by atoms with E-state index < -0.39 is 0 Å². The van der Waals surface area contributed by atoms with E-state index in [1.807, 2.05) is 11.3 Å². The maximum absolute atomic E-state index is 6.79. The van der Waals surface area contributed by atoms with Crippen LogP contribution in [-0.4, -0.2) is 18.3 Å². The van der Waals surface area contributed by atoms with Gasteiger partial charge in [-0.25, -0.2) is 0 Å². The fourth-order valence-electron chi connectivity index (χ4n) is 14.3. The van der Waals surface area contributed by atoms with Crippen molar-refractivity contribution in [3.63, 3.8) is 0 Å². The molecule has 19 aromatic rings. The van der Waals surface area contributed by atoms with Gasteiger partial charge in [-0.15, -0.1) is 11.3 Å². The van der Waals surface area contributed by atoms with Gasteiger partial charge in [0.2, 0.25) is 0 Å². The largest absolute Gasteiger partial charge is 0.456 e. The molecule has 5 nitrogen and oxygen atoms in total. The van der Waals surface area contributed by atoms with Gasteiger partial charge < -0.3 is 22.7 Å². The molecule has 6 aromatic heterocycles. The summed E-state index contributed by atoms with van der Waals surface area (Å²) in [5.41, 5.74) is 21.8. The molecular weight excluding hydrogens is 1090 g/mol. The Morgan fingerprint density at radius 1 is 0.227 bits per heavy atom. The van der Waals surface area contributed by atoms with Gasteiger partial charge in [0.1, 0.15) is 16.3 Å². The third kappa shape index (κ3) is 7.46. The van der Waals surface area contributed by atoms with Gasteiger partial charge in [0.15, 0.2) is 0 Å². The van der Waals surface area contributed by atoms with Gasteiger partial charge in [0, 0.05) is 75.8 Å². The second kappa shape index (κ2) is 19.0. The fraction of sp³-hybridized carbons (Fsp3) is 0.